The van der Waals surface area contributed by atoms with Crippen LogP contribution in [0, 0.1) is 5.82 Å². The molecule has 5 heteroatoms. The van der Waals surface area contributed by atoms with E-state index in [1.807, 2.05) is 22.8 Å². The number of hydrogen-bond donors (Lipinski definition) is 1. The lowest BCUT2D eigenvalue weighted by molar-refractivity contribution is 0.622. The van der Waals surface area contributed by atoms with E-state index in [1.54, 1.807) is 6.07 Å². The fourth-order valence-electron chi connectivity index (χ4n) is 2.26. The zero-order chi connectivity index (χ0) is 14.1. The summed E-state index contributed by atoms with van der Waals surface area (Å²) in [5.74, 6) is 0.0821. The summed E-state index contributed by atoms with van der Waals surface area (Å²) in [6.07, 6.45) is 0.853. The van der Waals surface area contributed by atoms with Gasteiger partial charge in [0.15, 0.2) is 0 Å². The summed E-state index contributed by atoms with van der Waals surface area (Å²) in [6.45, 7) is 0.713. The lowest BCUT2D eigenvalue weighted by Crippen LogP contribution is -2.05. The highest BCUT2D eigenvalue weighted by atomic mass is 79.9. The fourth-order valence-corrected chi connectivity index (χ4v) is 2.59. The van der Waals surface area contributed by atoms with E-state index >= 15 is 0 Å². The fraction of sp³-hybridized carbons (Fsp3) is 0.133. The molecule has 0 radical (unpaired) electrons. The molecule has 0 bridgehead atoms. The van der Waals surface area contributed by atoms with E-state index in [2.05, 4.69) is 33.0 Å². The van der Waals surface area contributed by atoms with E-state index in [4.69, 9.17) is 5.73 Å². The Kier molecular flexibility index (Phi) is 3.44. The molecule has 2 aromatic carbocycles. The van der Waals surface area contributed by atoms with E-state index in [0.29, 0.717) is 22.5 Å². The van der Waals surface area contributed by atoms with Crippen molar-refractivity contribution in [2.75, 3.05) is 5.73 Å². The number of imidazole rings is 1. The molecule has 3 aromatic rings. The molecule has 3 rings (SSSR count). The van der Waals surface area contributed by atoms with Gasteiger partial charge in [-0.05, 0) is 34.0 Å². The number of hydrogen-bond acceptors (Lipinski definition) is 2. The number of nitrogens with zero attached hydrogens (tertiary/aromatic N) is 2. The molecule has 0 aliphatic rings. The zero-order valence-electron chi connectivity index (χ0n) is 10.7. The Hall–Kier alpha value is -1.88. The maximum absolute atomic E-state index is 13.5. The third-order valence-electron chi connectivity index (χ3n) is 3.29. The first kappa shape index (κ1) is 13.1. The van der Waals surface area contributed by atoms with Crippen LogP contribution >= 0.6 is 15.9 Å². The van der Waals surface area contributed by atoms with Crippen molar-refractivity contribution < 1.29 is 4.39 Å². The van der Waals surface area contributed by atoms with Crippen LogP contribution in [-0.4, -0.2) is 9.55 Å². The Balaban J connectivity index is 1.95. The highest BCUT2D eigenvalue weighted by Crippen LogP contribution is 2.25. The molecule has 0 aliphatic carbocycles. The summed E-state index contributed by atoms with van der Waals surface area (Å²) < 4.78 is 15.8. The van der Waals surface area contributed by atoms with Gasteiger partial charge in [-0.25, -0.2) is 9.37 Å². The molecule has 0 amide bonds. The monoisotopic (exact) mass is 333 g/mol. The smallest absolute Gasteiger partial charge is 0.201 e. The van der Waals surface area contributed by atoms with Gasteiger partial charge in [-0.3, -0.25) is 0 Å². The van der Waals surface area contributed by atoms with Gasteiger partial charge in [0.2, 0.25) is 5.95 Å². The van der Waals surface area contributed by atoms with Gasteiger partial charge in [0.1, 0.15) is 5.82 Å². The highest BCUT2D eigenvalue weighted by Gasteiger charge is 2.11. The van der Waals surface area contributed by atoms with E-state index < -0.39 is 0 Å². The van der Waals surface area contributed by atoms with Crippen LogP contribution in [-0.2, 0) is 13.0 Å². The van der Waals surface area contributed by atoms with Crippen LogP contribution in [0.2, 0.25) is 0 Å². The Morgan fingerprint density at radius 2 is 1.95 bits per heavy atom. The number of fused-ring (bicyclic) bond motifs is 1. The van der Waals surface area contributed by atoms with Gasteiger partial charge < -0.3 is 10.3 Å². The third kappa shape index (κ3) is 2.41. The molecule has 0 spiro atoms. The molecule has 0 saturated heterocycles. The lowest BCUT2D eigenvalue weighted by atomic mass is 10.1. The van der Waals surface area contributed by atoms with Gasteiger partial charge in [-0.15, -0.1) is 0 Å². The number of benzene rings is 2. The Morgan fingerprint density at radius 1 is 1.20 bits per heavy atom. The SMILES string of the molecule is Nc1nc2cc(F)c(Br)cc2n1CCc1ccccc1. The van der Waals surface area contributed by atoms with Crippen molar-refractivity contribution >= 4 is 32.9 Å². The number of anilines is 1. The van der Waals surface area contributed by atoms with E-state index in [1.165, 1.54) is 11.6 Å². The van der Waals surface area contributed by atoms with Gasteiger partial charge in [0, 0.05) is 12.6 Å². The Morgan fingerprint density at radius 3 is 2.70 bits per heavy atom. The standard InChI is InChI=1S/C15H13BrFN3/c16-11-8-14-13(9-12(11)17)19-15(18)20(14)7-6-10-4-2-1-3-5-10/h1-5,8-9H,6-7H2,(H2,18,19). The normalized spacial score (nSPS) is 11.1. The van der Waals surface area contributed by atoms with Gasteiger partial charge >= 0.3 is 0 Å². The van der Waals surface area contributed by atoms with E-state index in [0.717, 1.165) is 11.9 Å². The van der Waals surface area contributed by atoms with Gasteiger partial charge in [-0.2, -0.15) is 0 Å². The topological polar surface area (TPSA) is 43.8 Å². The second kappa shape index (κ2) is 5.25. The molecular weight excluding hydrogens is 321 g/mol. The van der Waals surface area contributed by atoms with Crippen LogP contribution in [0.15, 0.2) is 46.9 Å². The molecule has 1 aromatic heterocycles. The minimum absolute atomic E-state index is 0.329. The van der Waals surface area contributed by atoms with Crippen LogP contribution in [0.1, 0.15) is 5.56 Å². The molecular formula is C15H13BrFN3. The lowest BCUT2D eigenvalue weighted by Gasteiger charge is -2.07. The molecule has 0 atom stereocenters. The summed E-state index contributed by atoms with van der Waals surface area (Å²) in [6, 6.07) is 13.3. The first-order chi connectivity index (χ1) is 9.65. The predicted molar refractivity (Wildman–Crippen MR) is 81.9 cm³/mol. The first-order valence-electron chi connectivity index (χ1n) is 6.30. The van der Waals surface area contributed by atoms with Crippen LogP contribution in [0.5, 0.6) is 0 Å². The zero-order valence-corrected chi connectivity index (χ0v) is 12.3. The molecule has 0 aliphatic heterocycles. The van der Waals surface area contributed by atoms with Crippen molar-refractivity contribution in [1.29, 1.82) is 0 Å². The minimum Gasteiger partial charge on any atom is -0.369 e. The van der Waals surface area contributed by atoms with E-state index in [9.17, 15) is 4.39 Å². The number of nitrogen functional groups attached to an aromatic ring is 1. The van der Waals surface area contributed by atoms with Crippen LogP contribution in [0.4, 0.5) is 10.3 Å². The van der Waals surface area contributed by atoms with Crippen molar-refractivity contribution in [2.45, 2.75) is 13.0 Å². The molecule has 0 fully saturated rings. The summed E-state index contributed by atoms with van der Waals surface area (Å²) in [5, 5.41) is 0. The quantitative estimate of drug-likeness (QED) is 0.793. The average molecular weight is 334 g/mol. The van der Waals surface area contributed by atoms with E-state index in [-0.39, 0.29) is 5.82 Å². The highest BCUT2D eigenvalue weighted by molar-refractivity contribution is 9.10. The number of rotatable bonds is 3. The van der Waals surface area contributed by atoms with Crippen molar-refractivity contribution in [1.82, 2.24) is 9.55 Å². The Labute approximate surface area is 124 Å². The molecule has 2 N–H and O–H groups in total. The number of aromatic nitrogens is 2. The average Bonchev–Trinajstić information content (AvgIpc) is 2.73. The molecule has 3 nitrogen and oxygen atoms in total. The van der Waals surface area contributed by atoms with Crippen molar-refractivity contribution in [3.8, 4) is 0 Å². The van der Waals surface area contributed by atoms with Crippen molar-refractivity contribution in [2.24, 2.45) is 0 Å². The largest absolute Gasteiger partial charge is 0.369 e. The second-order valence-electron chi connectivity index (χ2n) is 4.61. The molecule has 20 heavy (non-hydrogen) atoms. The second-order valence-corrected chi connectivity index (χ2v) is 5.47. The maximum atomic E-state index is 13.5. The summed E-state index contributed by atoms with van der Waals surface area (Å²) in [7, 11) is 0. The number of halogens is 2. The Bertz CT molecular complexity index is 753. The van der Waals surface area contributed by atoms with Crippen molar-refractivity contribution in [3.63, 3.8) is 0 Å². The van der Waals surface area contributed by atoms with Crippen LogP contribution in [0.3, 0.4) is 0 Å². The first-order valence-corrected chi connectivity index (χ1v) is 7.09. The number of nitrogens with two attached hydrogens (primary N) is 1. The molecule has 0 unspecified atom stereocenters. The number of aryl methyl sites for hydroxylation is 2. The van der Waals surface area contributed by atoms with Crippen molar-refractivity contribution in [3.05, 3.63) is 58.3 Å². The minimum atomic E-state index is -0.329. The molecule has 0 saturated carbocycles. The summed E-state index contributed by atoms with van der Waals surface area (Å²) >= 11 is 3.20. The summed E-state index contributed by atoms with van der Waals surface area (Å²) in [4.78, 5) is 4.21. The van der Waals surface area contributed by atoms with Gasteiger partial charge in [0.05, 0.1) is 15.5 Å². The van der Waals surface area contributed by atoms with Gasteiger partial charge in [-0.1, -0.05) is 30.3 Å². The summed E-state index contributed by atoms with van der Waals surface area (Å²) in [5.41, 5.74) is 8.58. The van der Waals surface area contributed by atoms with Gasteiger partial charge in [0.25, 0.3) is 0 Å². The van der Waals surface area contributed by atoms with Crippen LogP contribution < -0.4 is 5.73 Å². The molecule has 1 heterocycles. The molecule has 102 valence electrons. The van der Waals surface area contributed by atoms with Crippen LogP contribution in [0.25, 0.3) is 11.0 Å². The third-order valence-corrected chi connectivity index (χ3v) is 3.89. The maximum Gasteiger partial charge on any atom is 0.201 e. The predicted octanol–water partition coefficient (Wildman–Crippen LogP) is 3.76.